The topological polar surface area (TPSA) is 86.7 Å². The molecule has 0 bridgehead atoms. The first-order chi connectivity index (χ1) is 9.95. The molecule has 0 aliphatic heterocycles. The second kappa shape index (κ2) is 8.71. The number of nitrogens with one attached hydrogen (secondary N) is 1. The SMILES string of the molecule is CCN(C(=O)CSCC(NC(C)=O)C(=O)O)C1=CCCC1. The second-order valence-corrected chi connectivity index (χ2v) is 5.86. The summed E-state index contributed by atoms with van der Waals surface area (Å²) < 4.78 is 0. The maximum Gasteiger partial charge on any atom is 0.327 e. The summed E-state index contributed by atoms with van der Waals surface area (Å²) in [4.78, 5) is 35.8. The van der Waals surface area contributed by atoms with Crippen molar-refractivity contribution in [2.75, 3.05) is 18.1 Å². The van der Waals surface area contributed by atoms with Gasteiger partial charge in [0.2, 0.25) is 11.8 Å². The maximum absolute atomic E-state index is 12.2. The van der Waals surface area contributed by atoms with Crippen LogP contribution in [0.25, 0.3) is 0 Å². The lowest BCUT2D eigenvalue weighted by atomic mass is 10.3. The molecule has 0 fully saturated rings. The van der Waals surface area contributed by atoms with Crippen LogP contribution < -0.4 is 5.32 Å². The number of allylic oxidation sites excluding steroid dienone is 2. The van der Waals surface area contributed by atoms with E-state index in [4.69, 9.17) is 5.11 Å². The Balaban J connectivity index is 2.43. The first kappa shape index (κ1) is 17.6. The molecule has 118 valence electrons. The van der Waals surface area contributed by atoms with Crippen molar-refractivity contribution in [3.05, 3.63) is 11.8 Å². The summed E-state index contributed by atoms with van der Waals surface area (Å²) >= 11 is 1.23. The molecule has 2 N–H and O–H groups in total. The van der Waals surface area contributed by atoms with Gasteiger partial charge in [0.1, 0.15) is 6.04 Å². The summed E-state index contributed by atoms with van der Waals surface area (Å²) in [6, 6.07) is -0.957. The summed E-state index contributed by atoms with van der Waals surface area (Å²) in [5.74, 6) is -1.09. The molecular formula is C14H22N2O4S. The minimum atomic E-state index is -1.09. The van der Waals surface area contributed by atoms with E-state index in [0.29, 0.717) is 6.54 Å². The van der Waals surface area contributed by atoms with Crippen LogP contribution in [-0.4, -0.2) is 51.9 Å². The Morgan fingerprint density at radius 1 is 1.48 bits per heavy atom. The maximum atomic E-state index is 12.2. The number of carboxylic acid groups (broad SMARTS) is 1. The van der Waals surface area contributed by atoms with E-state index in [0.717, 1.165) is 25.0 Å². The van der Waals surface area contributed by atoms with Gasteiger partial charge in [-0.25, -0.2) is 4.79 Å². The van der Waals surface area contributed by atoms with Gasteiger partial charge in [-0.1, -0.05) is 6.08 Å². The smallest absolute Gasteiger partial charge is 0.327 e. The quantitative estimate of drug-likeness (QED) is 0.703. The molecule has 1 rings (SSSR count). The number of hydrogen-bond donors (Lipinski definition) is 2. The molecule has 1 atom stereocenters. The van der Waals surface area contributed by atoms with Crippen molar-refractivity contribution in [2.45, 2.75) is 39.2 Å². The molecule has 0 heterocycles. The van der Waals surface area contributed by atoms with Gasteiger partial charge in [0.05, 0.1) is 5.75 Å². The standard InChI is InChI=1S/C14H22N2O4S/c1-3-16(11-6-4-5-7-11)13(18)9-21-8-12(14(19)20)15-10(2)17/h6,12H,3-5,7-9H2,1-2H3,(H,15,17)(H,19,20). The van der Waals surface area contributed by atoms with Gasteiger partial charge in [0.15, 0.2) is 0 Å². The Morgan fingerprint density at radius 3 is 2.67 bits per heavy atom. The van der Waals surface area contributed by atoms with E-state index in [2.05, 4.69) is 11.4 Å². The number of carbonyl (C=O) groups is 3. The fourth-order valence-corrected chi connectivity index (χ4v) is 3.11. The van der Waals surface area contributed by atoms with Crippen LogP contribution in [0.3, 0.4) is 0 Å². The van der Waals surface area contributed by atoms with Crippen LogP contribution in [-0.2, 0) is 14.4 Å². The highest BCUT2D eigenvalue weighted by atomic mass is 32.2. The van der Waals surface area contributed by atoms with Crippen LogP contribution in [0.1, 0.15) is 33.1 Å². The predicted octanol–water partition coefficient (Wildman–Crippen LogP) is 1.23. The van der Waals surface area contributed by atoms with Gasteiger partial charge in [-0.15, -0.1) is 11.8 Å². The molecule has 21 heavy (non-hydrogen) atoms. The average molecular weight is 314 g/mol. The van der Waals surface area contributed by atoms with Gasteiger partial charge in [0.25, 0.3) is 0 Å². The van der Waals surface area contributed by atoms with Gasteiger partial charge >= 0.3 is 5.97 Å². The third-order valence-corrected chi connectivity index (χ3v) is 4.19. The minimum Gasteiger partial charge on any atom is -0.480 e. The van der Waals surface area contributed by atoms with Crippen molar-refractivity contribution in [3.63, 3.8) is 0 Å². The van der Waals surface area contributed by atoms with E-state index in [9.17, 15) is 14.4 Å². The van der Waals surface area contributed by atoms with Crippen molar-refractivity contribution < 1.29 is 19.5 Å². The van der Waals surface area contributed by atoms with Gasteiger partial charge < -0.3 is 15.3 Å². The third kappa shape index (κ3) is 5.79. The number of hydrogen-bond acceptors (Lipinski definition) is 4. The molecule has 1 aliphatic carbocycles. The molecule has 1 aliphatic rings. The lowest BCUT2D eigenvalue weighted by Crippen LogP contribution is -2.42. The number of thioether (sulfide) groups is 1. The number of aliphatic carboxylic acids is 1. The first-order valence-electron chi connectivity index (χ1n) is 7.02. The summed E-state index contributed by atoms with van der Waals surface area (Å²) in [5, 5.41) is 11.3. The van der Waals surface area contributed by atoms with Crippen molar-refractivity contribution >= 4 is 29.5 Å². The Bertz CT molecular complexity index is 437. The second-order valence-electron chi connectivity index (χ2n) is 4.83. The molecule has 6 nitrogen and oxygen atoms in total. The molecule has 0 aromatic heterocycles. The highest BCUT2D eigenvalue weighted by Gasteiger charge is 2.21. The van der Waals surface area contributed by atoms with E-state index in [1.54, 1.807) is 4.90 Å². The zero-order valence-electron chi connectivity index (χ0n) is 12.4. The van der Waals surface area contributed by atoms with Gasteiger partial charge in [0, 0.05) is 24.9 Å². The molecule has 0 saturated heterocycles. The van der Waals surface area contributed by atoms with E-state index >= 15 is 0 Å². The summed E-state index contributed by atoms with van der Waals surface area (Å²) in [6.07, 6.45) is 5.10. The lowest BCUT2D eigenvalue weighted by molar-refractivity contribution is -0.140. The van der Waals surface area contributed by atoms with Crippen LogP contribution in [0.5, 0.6) is 0 Å². The molecule has 0 aromatic carbocycles. The zero-order valence-corrected chi connectivity index (χ0v) is 13.2. The van der Waals surface area contributed by atoms with Crippen LogP contribution in [0.15, 0.2) is 11.8 Å². The van der Waals surface area contributed by atoms with Crippen molar-refractivity contribution in [2.24, 2.45) is 0 Å². The van der Waals surface area contributed by atoms with Gasteiger partial charge in [-0.3, -0.25) is 9.59 Å². The molecule has 0 spiro atoms. The zero-order chi connectivity index (χ0) is 15.8. The Labute approximate surface area is 128 Å². The minimum absolute atomic E-state index is 0.0115. The van der Waals surface area contributed by atoms with Crippen molar-refractivity contribution in [1.29, 1.82) is 0 Å². The highest BCUT2D eigenvalue weighted by molar-refractivity contribution is 8.00. The van der Waals surface area contributed by atoms with Crippen LogP contribution in [0.2, 0.25) is 0 Å². The predicted molar refractivity (Wildman–Crippen MR) is 81.9 cm³/mol. The number of amides is 2. The number of rotatable bonds is 8. The fourth-order valence-electron chi connectivity index (χ4n) is 2.20. The van der Waals surface area contributed by atoms with Crippen molar-refractivity contribution in [1.82, 2.24) is 10.2 Å². The Morgan fingerprint density at radius 2 is 2.19 bits per heavy atom. The summed E-state index contributed by atoms with van der Waals surface area (Å²) in [5.41, 5.74) is 1.07. The average Bonchev–Trinajstić information content (AvgIpc) is 2.91. The summed E-state index contributed by atoms with van der Waals surface area (Å²) in [6.45, 7) is 3.83. The molecular weight excluding hydrogens is 292 g/mol. The molecule has 2 amide bonds. The number of carboxylic acids is 1. The van der Waals surface area contributed by atoms with Crippen LogP contribution >= 0.6 is 11.8 Å². The Kier molecular flexibility index (Phi) is 7.28. The normalized spacial score (nSPS) is 15.2. The van der Waals surface area contributed by atoms with Gasteiger partial charge in [-0.05, 0) is 26.2 Å². The summed E-state index contributed by atoms with van der Waals surface area (Å²) in [7, 11) is 0. The molecule has 1 unspecified atom stereocenters. The Hall–Kier alpha value is -1.50. The first-order valence-corrected chi connectivity index (χ1v) is 8.18. The third-order valence-electron chi connectivity index (χ3n) is 3.17. The fraction of sp³-hybridized carbons (Fsp3) is 0.643. The van der Waals surface area contributed by atoms with Gasteiger partial charge in [-0.2, -0.15) is 0 Å². The molecule has 7 heteroatoms. The molecule has 0 radical (unpaired) electrons. The largest absolute Gasteiger partial charge is 0.480 e. The molecule has 0 aromatic rings. The number of carbonyl (C=O) groups excluding carboxylic acids is 2. The van der Waals surface area contributed by atoms with E-state index in [1.807, 2.05) is 6.92 Å². The monoisotopic (exact) mass is 314 g/mol. The van der Waals surface area contributed by atoms with E-state index < -0.39 is 12.0 Å². The highest BCUT2D eigenvalue weighted by Crippen LogP contribution is 2.22. The number of nitrogens with zero attached hydrogens (tertiary/aromatic N) is 1. The lowest BCUT2D eigenvalue weighted by Gasteiger charge is -2.22. The van der Waals surface area contributed by atoms with Crippen LogP contribution in [0, 0.1) is 0 Å². The van der Waals surface area contributed by atoms with E-state index in [-0.39, 0.29) is 23.3 Å². The van der Waals surface area contributed by atoms with E-state index in [1.165, 1.54) is 18.7 Å². The van der Waals surface area contributed by atoms with Crippen molar-refractivity contribution in [3.8, 4) is 0 Å². The van der Waals surface area contributed by atoms with Crippen LogP contribution in [0.4, 0.5) is 0 Å². The molecule has 0 saturated carbocycles.